The number of ether oxygens (including phenoxy) is 1. The summed E-state index contributed by atoms with van der Waals surface area (Å²) in [6.45, 7) is 0.797. The van der Waals surface area contributed by atoms with Crippen LogP contribution in [-0.2, 0) is 27.7 Å². The molecule has 0 aliphatic carbocycles. The molecule has 4 aromatic rings. The topological polar surface area (TPSA) is 125 Å². The Morgan fingerprint density at radius 2 is 1.67 bits per heavy atom. The molecule has 1 heterocycles. The first kappa shape index (κ1) is 27.2. The summed E-state index contributed by atoms with van der Waals surface area (Å²) in [5, 5.41) is 14.7. The highest BCUT2D eigenvalue weighted by molar-refractivity contribution is 7.91. The van der Waals surface area contributed by atoms with Crippen LogP contribution in [0.1, 0.15) is 17.2 Å². The maximum Gasteiger partial charge on any atom is 0.291 e. The number of imidazole rings is 1. The van der Waals surface area contributed by atoms with Gasteiger partial charge in [0.15, 0.2) is 0 Å². The van der Waals surface area contributed by atoms with Crippen LogP contribution < -0.4 is 0 Å². The van der Waals surface area contributed by atoms with Crippen LogP contribution in [0.4, 0.5) is 0 Å². The highest BCUT2D eigenvalue weighted by Crippen LogP contribution is 2.30. The summed E-state index contributed by atoms with van der Waals surface area (Å²) in [6, 6.07) is 20.4. The standard InChI is InChI=1S/C24H20Cl2N2O3S.HNO3/c25-19-8-11-22(23(26)14-19)24(15-28-13-12-27-17-28)31-16-18-6-9-21(10-7-18)32(29,30)20-4-2-1-3-5-20;2-1(3)4/h1-14,17,24H,15-16H2;(H,2,3,4). The number of hydrogen-bond acceptors (Lipinski definition) is 6. The number of aromatic nitrogens is 2. The number of hydrogen-bond donors (Lipinski definition) is 1. The minimum absolute atomic E-state index is 0.239. The molecular formula is C24H21Cl2N3O6S. The lowest BCUT2D eigenvalue weighted by Crippen LogP contribution is -2.12. The van der Waals surface area contributed by atoms with Gasteiger partial charge in [0, 0.05) is 28.0 Å². The van der Waals surface area contributed by atoms with Crippen LogP contribution in [0.2, 0.25) is 10.0 Å². The molecule has 12 heteroatoms. The molecule has 1 N–H and O–H groups in total. The molecule has 0 amide bonds. The first-order valence-electron chi connectivity index (χ1n) is 10.4. The fourth-order valence-corrected chi connectivity index (χ4v) is 5.10. The maximum absolute atomic E-state index is 12.8. The Kier molecular flexibility index (Phi) is 9.43. The minimum atomic E-state index is -3.56. The Labute approximate surface area is 217 Å². The van der Waals surface area contributed by atoms with Crippen molar-refractivity contribution in [1.29, 1.82) is 0 Å². The van der Waals surface area contributed by atoms with Gasteiger partial charge in [-0.1, -0.05) is 59.6 Å². The molecule has 0 saturated carbocycles. The highest BCUT2D eigenvalue weighted by Gasteiger charge is 2.19. The van der Waals surface area contributed by atoms with E-state index in [9.17, 15) is 8.42 Å². The Morgan fingerprint density at radius 3 is 2.25 bits per heavy atom. The Bertz CT molecular complexity index is 1380. The second-order valence-electron chi connectivity index (χ2n) is 7.42. The summed E-state index contributed by atoms with van der Waals surface area (Å²) < 4.78 is 33.6. The van der Waals surface area contributed by atoms with Crippen molar-refractivity contribution in [2.24, 2.45) is 0 Å². The zero-order valence-corrected chi connectivity index (χ0v) is 21.0. The van der Waals surface area contributed by atoms with Gasteiger partial charge in [-0.05, 0) is 42.0 Å². The van der Waals surface area contributed by atoms with Gasteiger partial charge in [0.25, 0.3) is 5.09 Å². The van der Waals surface area contributed by atoms with E-state index in [1.807, 2.05) is 16.8 Å². The van der Waals surface area contributed by atoms with Gasteiger partial charge >= 0.3 is 0 Å². The summed E-state index contributed by atoms with van der Waals surface area (Å²) in [5.41, 5.74) is 1.66. The molecule has 188 valence electrons. The predicted octanol–water partition coefficient (Wildman–Crippen LogP) is 5.63. The van der Waals surface area contributed by atoms with Gasteiger partial charge in [0.2, 0.25) is 9.84 Å². The zero-order chi connectivity index (χ0) is 26.1. The van der Waals surface area contributed by atoms with Gasteiger partial charge in [-0.2, -0.15) is 0 Å². The third kappa shape index (κ3) is 7.53. The van der Waals surface area contributed by atoms with E-state index in [1.54, 1.807) is 79.3 Å². The average Bonchev–Trinajstić information content (AvgIpc) is 3.36. The van der Waals surface area contributed by atoms with Crippen LogP contribution in [-0.4, -0.2) is 28.3 Å². The summed E-state index contributed by atoms with van der Waals surface area (Å²) in [7, 11) is -3.56. The number of sulfone groups is 1. The normalized spacial score (nSPS) is 11.8. The largest absolute Gasteiger partial charge is 0.367 e. The van der Waals surface area contributed by atoms with Gasteiger partial charge < -0.3 is 14.5 Å². The fraction of sp³-hybridized carbons (Fsp3) is 0.125. The minimum Gasteiger partial charge on any atom is -0.367 e. The van der Waals surface area contributed by atoms with E-state index < -0.39 is 14.9 Å². The van der Waals surface area contributed by atoms with Crippen molar-refractivity contribution in [1.82, 2.24) is 9.55 Å². The third-order valence-electron chi connectivity index (χ3n) is 4.98. The molecule has 0 bridgehead atoms. The molecule has 1 atom stereocenters. The van der Waals surface area contributed by atoms with Gasteiger partial charge in [-0.3, -0.25) is 0 Å². The summed E-state index contributed by atoms with van der Waals surface area (Å²) in [4.78, 5) is 12.9. The van der Waals surface area contributed by atoms with Crippen molar-refractivity contribution in [2.75, 3.05) is 0 Å². The SMILES string of the molecule is O=S(=O)(c1ccccc1)c1ccc(COC(Cn2ccnc2)c2ccc(Cl)cc2Cl)cc1.O=[N+]([O-])O. The van der Waals surface area contributed by atoms with Crippen LogP contribution in [0.15, 0.2) is 101 Å². The molecule has 36 heavy (non-hydrogen) atoms. The van der Waals surface area contributed by atoms with E-state index >= 15 is 0 Å². The van der Waals surface area contributed by atoms with Gasteiger partial charge in [-0.25, -0.2) is 13.4 Å². The van der Waals surface area contributed by atoms with Gasteiger partial charge in [0.05, 0.1) is 29.3 Å². The van der Waals surface area contributed by atoms with Crippen molar-refractivity contribution >= 4 is 33.0 Å². The summed E-state index contributed by atoms with van der Waals surface area (Å²) in [6.07, 6.45) is 4.92. The molecule has 9 nitrogen and oxygen atoms in total. The van der Waals surface area contributed by atoms with Crippen LogP contribution in [0.25, 0.3) is 0 Å². The molecule has 0 aliphatic rings. The van der Waals surface area contributed by atoms with E-state index in [1.165, 1.54) is 0 Å². The molecule has 0 radical (unpaired) electrons. The quantitative estimate of drug-likeness (QED) is 0.223. The number of halogens is 2. The monoisotopic (exact) mass is 549 g/mol. The van der Waals surface area contributed by atoms with Crippen molar-refractivity contribution in [3.05, 3.63) is 123 Å². The molecule has 1 aromatic heterocycles. The lowest BCUT2D eigenvalue weighted by molar-refractivity contribution is -0.742. The number of benzene rings is 3. The predicted molar refractivity (Wildman–Crippen MR) is 133 cm³/mol. The second kappa shape index (κ2) is 12.5. The average molecular weight is 550 g/mol. The Balaban J connectivity index is 0.000000840. The first-order valence-corrected chi connectivity index (χ1v) is 12.7. The Morgan fingerprint density at radius 1 is 1.03 bits per heavy atom. The molecule has 3 aromatic carbocycles. The zero-order valence-electron chi connectivity index (χ0n) is 18.6. The van der Waals surface area contributed by atoms with Crippen molar-refractivity contribution in [2.45, 2.75) is 29.0 Å². The molecule has 4 rings (SSSR count). The van der Waals surface area contributed by atoms with E-state index in [0.717, 1.165) is 11.1 Å². The van der Waals surface area contributed by atoms with Crippen LogP contribution in [0, 0.1) is 10.1 Å². The van der Waals surface area contributed by atoms with Gasteiger partial charge in [-0.15, -0.1) is 10.1 Å². The van der Waals surface area contributed by atoms with Crippen molar-refractivity contribution in [3.8, 4) is 0 Å². The van der Waals surface area contributed by atoms with Crippen molar-refractivity contribution in [3.63, 3.8) is 0 Å². The van der Waals surface area contributed by atoms with Crippen LogP contribution >= 0.6 is 23.2 Å². The van der Waals surface area contributed by atoms with Crippen LogP contribution in [0.5, 0.6) is 0 Å². The van der Waals surface area contributed by atoms with Crippen LogP contribution in [0.3, 0.4) is 0 Å². The third-order valence-corrected chi connectivity index (χ3v) is 7.33. The fourth-order valence-electron chi connectivity index (χ4n) is 3.29. The maximum atomic E-state index is 12.8. The second-order valence-corrected chi connectivity index (χ2v) is 10.2. The van der Waals surface area contributed by atoms with E-state index in [2.05, 4.69) is 4.98 Å². The summed E-state index contributed by atoms with van der Waals surface area (Å²) >= 11 is 12.5. The van der Waals surface area contributed by atoms with Crippen molar-refractivity contribution < 1.29 is 23.4 Å². The molecule has 1 unspecified atom stereocenters. The van der Waals surface area contributed by atoms with E-state index in [4.69, 9.17) is 43.3 Å². The molecule has 0 fully saturated rings. The smallest absolute Gasteiger partial charge is 0.291 e. The molecule has 0 aliphatic heterocycles. The lowest BCUT2D eigenvalue weighted by Gasteiger charge is -2.20. The number of rotatable bonds is 8. The van der Waals surface area contributed by atoms with E-state index in [0.29, 0.717) is 16.6 Å². The Hall–Kier alpha value is -3.44. The van der Waals surface area contributed by atoms with Gasteiger partial charge in [0.1, 0.15) is 6.10 Å². The lowest BCUT2D eigenvalue weighted by atomic mass is 10.1. The first-order chi connectivity index (χ1) is 17.2. The summed E-state index contributed by atoms with van der Waals surface area (Å²) in [5.74, 6) is 0. The number of nitrogens with zero attached hydrogens (tertiary/aromatic N) is 3. The highest BCUT2D eigenvalue weighted by atomic mass is 35.5. The van der Waals surface area contributed by atoms with E-state index in [-0.39, 0.29) is 22.5 Å². The molecular weight excluding hydrogens is 529 g/mol. The molecule has 0 spiro atoms. The molecule has 0 saturated heterocycles.